The SMILES string of the molecule is COc1ccc2cc(-c3nc(C)c(C(=O)CNCCCCN4CCCCC4C)s3)ccc2c1. The van der Waals surface area contributed by atoms with E-state index in [9.17, 15) is 4.79 Å². The summed E-state index contributed by atoms with van der Waals surface area (Å²) in [6, 6.07) is 13.0. The second-order valence-electron chi connectivity index (χ2n) is 9.05. The Kier molecular flexibility index (Phi) is 8.12. The molecular formula is C27H35N3O2S. The Balaban J connectivity index is 1.28. The molecule has 1 fully saturated rings. The highest BCUT2D eigenvalue weighted by atomic mass is 32.1. The lowest BCUT2D eigenvalue weighted by atomic mass is 10.0. The monoisotopic (exact) mass is 465 g/mol. The number of thiazole rings is 1. The van der Waals surface area contributed by atoms with Gasteiger partial charge in [0.15, 0.2) is 5.78 Å². The predicted molar refractivity (Wildman–Crippen MR) is 138 cm³/mol. The molecule has 1 aliphatic rings. The van der Waals surface area contributed by atoms with Crippen LogP contribution in [0.3, 0.4) is 0 Å². The van der Waals surface area contributed by atoms with Crippen molar-refractivity contribution in [1.29, 1.82) is 0 Å². The van der Waals surface area contributed by atoms with Gasteiger partial charge in [0.1, 0.15) is 10.8 Å². The molecule has 0 radical (unpaired) electrons. The molecule has 2 heterocycles. The molecule has 0 aliphatic carbocycles. The third-order valence-electron chi connectivity index (χ3n) is 6.62. The Bertz CT molecular complexity index is 1090. The van der Waals surface area contributed by atoms with E-state index in [1.54, 1.807) is 7.11 Å². The number of benzene rings is 2. The van der Waals surface area contributed by atoms with Gasteiger partial charge in [0, 0.05) is 11.6 Å². The average molecular weight is 466 g/mol. The van der Waals surface area contributed by atoms with E-state index in [1.807, 2.05) is 19.1 Å². The van der Waals surface area contributed by atoms with Crippen LogP contribution in [0.5, 0.6) is 5.75 Å². The first-order valence-electron chi connectivity index (χ1n) is 12.1. The first-order chi connectivity index (χ1) is 16.0. The van der Waals surface area contributed by atoms with Crippen LogP contribution in [0.15, 0.2) is 36.4 Å². The van der Waals surface area contributed by atoms with Gasteiger partial charge in [-0.3, -0.25) is 4.79 Å². The van der Waals surface area contributed by atoms with E-state index >= 15 is 0 Å². The van der Waals surface area contributed by atoms with Crippen LogP contribution in [0, 0.1) is 6.92 Å². The zero-order valence-electron chi connectivity index (χ0n) is 20.0. The number of aryl methyl sites for hydroxylation is 1. The first-order valence-corrected chi connectivity index (χ1v) is 12.9. The number of hydrogen-bond donors (Lipinski definition) is 1. The normalized spacial score (nSPS) is 16.9. The van der Waals surface area contributed by atoms with Crippen molar-refractivity contribution < 1.29 is 9.53 Å². The standard InChI is InChI=1S/C27H35N3O2S/c1-19-8-4-6-14-30(19)15-7-5-13-28-18-25(31)26-20(2)29-27(33-26)23-10-9-22-17-24(32-3)12-11-21(22)16-23/h9-12,16-17,19,28H,4-8,13-15,18H2,1-3H3. The summed E-state index contributed by atoms with van der Waals surface area (Å²) in [6.45, 7) is 7.95. The highest BCUT2D eigenvalue weighted by Crippen LogP contribution is 2.31. The van der Waals surface area contributed by atoms with Gasteiger partial charge in [0.25, 0.3) is 0 Å². The summed E-state index contributed by atoms with van der Waals surface area (Å²) in [4.78, 5) is 20.9. The zero-order chi connectivity index (χ0) is 23.2. The van der Waals surface area contributed by atoms with Crippen LogP contribution in [-0.2, 0) is 0 Å². The lowest BCUT2D eigenvalue weighted by Crippen LogP contribution is -2.38. The van der Waals surface area contributed by atoms with E-state index < -0.39 is 0 Å². The van der Waals surface area contributed by atoms with E-state index in [1.165, 1.54) is 50.1 Å². The molecule has 2 aromatic carbocycles. The number of likely N-dealkylation sites (tertiary alicyclic amines) is 1. The summed E-state index contributed by atoms with van der Waals surface area (Å²) in [5, 5.41) is 6.50. The molecule has 176 valence electrons. The molecule has 33 heavy (non-hydrogen) atoms. The fraction of sp³-hybridized carbons (Fsp3) is 0.481. The predicted octanol–water partition coefficient (Wildman–Crippen LogP) is 5.71. The van der Waals surface area contributed by atoms with Crippen molar-refractivity contribution in [2.75, 3.05) is 33.3 Å². The van der Waals surface area contributed by atoms with Crippen LogP contribution < -0.4 is 10.1 Å². The van der Waals surface area contributed by atoms with E-state index in [0.29, 0.717) is 6.54 Å². The molecule has 0 saturated carbocycles. The van der Waals surface area contributed by atoms with E-state index in [0.717, 1.165) is 56.7 Å². The van der Waals surface area contributed by atoms with Crippen LogP contribution in [0.1, 0.15) is 54.4 Å². The van der Waals surface area contributed by atoms with Gasteiger partial charge in [-0.25, -0.2) is 4.98 Å². The number of nitrogens with one attached hydrogen (secondary N) is 1. The number of carbonyl (C=O) groups is 1. The summed E-state index contributed by atoms with van der Waals surface area (Å²) in [5.74, 6) is 0.980. The lowest BCUT2D eigenvalue weighted by Gasteiger charge is -2.33. The number of Topliss-reactive ketones (excluding diaryl/α,β-unsaturated/α-hetero) is 1. The molecule has 1 atom stereocenters. The summed E-state index contributed by atoms with van der Waals surface area (Å²) in [7, 11) is 1.68. The van der Waals surface area contributed by atoms with Crippen LogP contribution >= 0.6 is 11.3 Å². The fourth-order valence-corrected chi connectivity index (χ4v) is 5.60. The van der Waals surface area contributed by atoms with Crippen LogP contribution in [-0.4, -0.2) is 55.0 Å². The highest BCUT2D eigenvalue weighted by Gasteiger charge is 2.18. The number of carbonyl (C=O) groups excluding carboxylic acids is 1. The zero-order valence-corrected chi connectivity index (χ0v) is 20.8. The largest absolute Gasteiger partial charge is 0.497 e. The van der Waals surface area contributed by atoms with Gasteiger partial charge in [-0.2, -0.15) is 0 Å². The Morgan fingerprint density at radius 3 is 2.82 bits per heavy atom. The molecule has 6 heteroatoms. The second kappa shape index (κ2) is 11.2. The molecule has 1 aromatic heterocycles. The number of fused-ring (bicyclic) bond motifs is 1. The Morgan fingerprint density at radius 2 is 2.00 bits per heavy atom. The molecule has 1 saturated heterocycles. The molecule has 4 rings (SSSR count). The smallest absolute Gasteiger partial charge is 0.188 e. The molecule has 0 amide bonds. The van der Waals surface area contributed by atoms with Gasteiger partial charge >= 0.3 is 0 Å². The maximum absolute atomic E-state index is 12.8. The number of aromatic nitrogens is 1. The number of ether oxygens (including phenoxy) is 1. The molecule has 0 bridgehead atoms. The minimum atomic E-state index is 0.131. The number of hydrogen-bond acceptors (Lipinski definition) is 6. The number of methoxy groups -OCH3 is 1. The van der Waals surface area contributed by atoms with E-state index in [2.05, 4.69) is 41.4 Å². The van der Waals surface area contributed by atoms with Gasteiger partial charge in [-0.1, -0.05) is 24.6 Å². The molecule has 3 aromatic rings. The third-order valence-corrected chi connectivity index (χ3v) is 7.87. The highest BCUT2D eigenvalue weighted by molar-refractivity contribution is 7.17. The maximum Gasteiger partial charge on any atom is 0.188 e. The number of ketones is 1. The van der Waals surface area contributed by atoms with E-state index in [-0.39, 0.29) is 5.78 Å². The number of unbranched alkanes of at least 4 members (excludes halogenated alkanes) is 1. The molecule has 1 N–H and O–H groups in total. The van der Waals surface area contributed by atoms with Crippen molar-refractivity contribution in [3.63, 3.8) is 0 Å². The minimum absolute atomic E-state index is 0.131. The van der Waals surface area contributed by atoms with E-state index in [4.69, 9.17) is 9.72 Å². The van der Waals surface area contributed by atoms with Crippen LogP contribution in [0.25, 0.3) is 21.3 Å². The number of rotatable bonds is 10. The van der Waals surface area contributed by atoms with Gasteiger partial charge < -0.3 is 15.0 Å². The van der Waals surface area contributed by atoms with Gasteiger partial charge in [0.2, 0.25) is 0 Å². The van der Waals surface area contributed by atoms with Crippen LogP contribution in [0.2, 0.25) is 0 Å². The maximum atomic E-state index is 12.8. The quantitative estimate of drug-likeness (QED) is 0.307. The van der Waals surface area contributed by atoms with Crippen molar-refractivity contribution in [3.8, 4) is 16.3 Å². The van der Waals surface area contributed by atoms with Gasteiger partial charge in [-0.15, -0.1) is 11.3 Å². The summed E-state index contributed by atoms with van der Waals surface area (Å²) < 4.78 is 5.31. The van der Waals surface area contributed by atoms with Crippen molar-refractivity contribution in [3.05, 3.63) is 47.0 Å². The second-order valence-corrected chi connectivity index (χ2v) is 10.0. The Labute approximate surface area is 201 Å². The summed E-state index contributed by atoms with van der Waals surface area (Å²) in [5.41, 5.74) is 1.86. The number of piperidine rings is 1. The molecule has 1 unspecified atom stereocenters. The van der Waals surface area contributed by atoms with Crippen LogP contribution in [0.4, 0.5) is 0 Å². The number of nitrogens with zero attached hydrogens (tertiary/aromatic N) is 2. The fourth-order valence-electron chi connectivity index (χ4n) is 4.60. The first kappa shape index (κ1) is 23.9. The van der Waals surface area contributed by atoms with Crippen molar-refractivity contribution in [2.24, 2.45) is 0 Å². The topological polar surface area (TPSA) is 54.5 Å². The molecule has 5 nitrogen and oxygen atoms in total. The minimum Gasteiger partial charge on any atom is -0.497 e. The molecule has 0 spiro atoms. The van der Waals surface area contributed by atoms with Gasteiger partial charge in [-0.05, 0) is 88.1 Å². The third kappa shape index (κ3) is 5.99. The molecular weight excluding hydrogens is 430 g/mol. The lowest BCUT2D eigenvalue weighted by molar-refractivity contribution is 0.0994. The average Bonchev–Trinajstić information content (AvgIpc) is 3.23. The summed E-state index contributed by atoms with van der Waals surface area (Å²) >= 11 is 1.49. The Hall–Kier alpha value is -2.28. The molecule has 1 aliphatic heterocycles. The summed E-state index contributed by atoms with van der Waals surface area (Å²) in [6.07, 6.45) is 6.32. The van der Waals surface area contributed by atoms with Gasteiger partial charge in [0.05, 0.1) is 24.2 Å². The van der Waals surface area contributed by atoms with Crippen molar-refractivity contribution in [1.82, 2.24) is 15.2 Å². The van der Waals surface area contributed by atoms with Crippen molar-refractivity contribution in [2.45, 2.75) is 52.0 Å². The Morgan fingerprint density at radius 1 is 1.18 bits per heavy atom. The van der Waals surface area contributed by atoms with Crippen molar-refractivity contribution >= 4 is 27.9 Å².